The second-order valence-electron chi connectivity index (χ2n) is 4.76. The lowest BCUT2D eigenvalue weighted by Crippen LogP contribution is -2.25. The van der Waals surface area contributed by atoms with Gasteiger partial charge in [-0.3, -0.25) is 9.59 Å². The highest BCUT2D eigenvalue weighted by Gasteiger charge is 2.16. The Balaban J connectivity index is 2.13. The normalized spacial score (nSPS) is 9.92. The lowest BCUT2D eigenvalue weighted by atomic mass is 10.1. The number of carbonyl (C=O) groups is 3. The molecule has 0 radical (unpaired) electrons. The van der Waals surface area contributed by atoms with Crippen LogP contribution in [0.3, 0.4) is 0 Å². The van der Waals surface area contributed by atoms with Crippen molar-refractivity contribution >= 4 is 35.1 Å². The Morgan fingerprint density at radius 1 is 1.04 bits per heavy atom. The number of carbonyl (C=O) groups excluding carboxylic acids is 3. The van der Waals surface area contributed by atoms with Crippen LogP contribution in [-0.4, -0.2) is 31.4 Å². The van der Waals surface area contributed by atoms with Crippen LogP contribution >= 0.6 is 11.6 Å². The first kappa shape index (κ1) is 17.5. The third-order valence-electron chi connectivity index (χ3n) is 3.11. The van der Waals surface area contributed by atoms with Gasteiger partial charge in [0.05, 0.1) is 11.3 Å². The number of benzene rings is 2. The maximum atomic E-state index is 12.2. The van der Waals surface area contributed by atoms with Crippen molar-refractivity contribution in [1.82, 2.24) is 5.32 Å². The van der Waals surface area contributed by atoms with Gasteiger partial charge in [-0.25, -0.2) is 4.79 Å². The largest absolute Gasteiger partial charge is 0.452 e. The Morgan fingerprint density at radius 2 is 1.71 bits per heavy atom. The Kier molecular flexibility index (Phi) is 5.92. The number of para-hydroxylation sites is 1. The quantitative estimate of drug-likeness (QED) is 0.815. The summed E-state index contributed by atoms with van der Waals surface area (Å²) in [4.78, 5) is 35.5. The first-order valence-corrected chi connectivity index (χ1v) is 7.42. The van der Waals surface area contributed by atoms with E-state index in [1.54, 1.807) is 42.5 Å². The highest BCUT2D eigenvalue weighted by Crippen LogP contribution is 2.18. The Bertz CT molecular complexity index is 759. The van der Waals surface area contributed by atoms with Crippen molar-refractivity contribution in [2.24, 2.45) is 0 Å². The molecule has 7 heteroatoms. The second kappa shape index (κ2) is 8.12. The zero-order chi connectivity index (χ0) is 17.5. The van der Waals surface area contributed by atoms with Crippen molar-refractivity contribution in [2.75, 3.05) is 19.0 Å². The van der Waals surface area contributed by atoms with Crippen molar-refractivity contribution < 1.29 is 19.1 Å². The summed E-state index contributed by atoms with van der Waals surface area (Å²) in [6.07, 6.45) is 0. The van der Waals surface area contributed by atoms with Crippen molar-refractivity contribution in [2.45, 2.75) is 0 Å². The molecular formula is C17H15ClN2O4. The lowest BCUT2D eigenvalue weighted by molar-refractivity contribution is -0.123. The number of amides is 2. The molecule has 24 heavy (non-hydrogen) atoms. The fraction of sp³-hybridized carbons (Fsp3) is 0.118. The van der Waals surface area contributed by atoms with E-state index in [0.717, 1.165) is 0 Å². The van der Waals surface area contributed by atoms with E-state index in [2.05, 4.69) is 10.6 Å². The van der Waals surface area contributed by atoms with E-state index < -0.39 is 24.4 Å². The fourth-order valence-electron chi connectivity index (χ4n) is 1.85. The molecule has 0 bridgehead atoms. The van der Waals surface area contributed by atoms with Gasteiger partial charge in [0.15, 0.2) is 6.61 Å². The molecule has 0 saturated heterocycles. The van der Waals surface area contributed by atoms with Gasteiger partial charge in [-0.2, -0.15) is 0 Å². The Morgan fingerprint density at radius 3 is 2.38 bits per heavy atom. The van der Waals surface area contributed by atoms with Crippen LogP contribution in [0.4, 0.5) is 5.69 Å². The predicted octanol–water partition coefficient (Wildman–Crippen LogP) is 2.50. The highest BCUT2D eigenvalue weighted by molar-refractivity contribution is 6.30. The molecule has 2 N–H and O–H groups in total. The summed E-state index contributed by atoms with van der Waals surface area (Å²) in [6.45, 7) is -0.394. The average Bonchev–Trinajstić information content (AvgIpc) is 2.60. The third-order valence-corrected chi connectivity index (χ3v) is 3.37. The summed E-state index contributed by atoms with van der Waals surface area (Å²) in [7, 11) is 1.44. The molecule has 0 aromatic heterocycles. The maximum absolute atomic E-state index is 12.2. The van der Waals surface area contributed by atoms with Gasteiger partial charge < -0.3 is 15.4 Å². The molecule has 2 aromatic rings. The molecule has 0 aliphatic carbocycles. The number of rotatable bonds is 5. The molecule has 0 atom stereocenters. The van der Waals surface area contributed by atoms with Crippen molar-refractivity contribution in [3.05, 3.63) is 64.7 Å². The van der Waals surface area contributed by atoms with Crippen molar-refractivity contribution in [1.29, 1.82) is 0 Å². The topological polar surface area (TPSA) is 84.5 Å². The minimum atomic E-state index is -0.703. The van der Waals surface area contributed by atoms with E-state index in [9.17, 15) is 14.4 Å². The minimum absolute atomic E-state index is 0.156. The van der Waals surface area contributed by atoms with E-state index in [0.29, 0.717) is 16.3 Å². The number of nitrogens with one attached hydrogen (secondary N) is 2. The first-order chi connectivity index (χ1) is 11.5. The molecule has 124 valence electrons. The predicted molar refractivity (Wildman–Crippen MR) is 90.2 cm³/mol. The minimum Gasteiger partial charge on any atom is -0.452 e. The number of esters is 1. The molecule has 0 aliphatic heterocycles. The van der Waals surface area contributed by atoms with E-state index in [-0.39, 0.29) is 5.56 Å². The van der Waals surface area contributed by atoms with Crippen LogP contribution < -0.4 is 10.6 Å². The molecule has 0 unspecified atom stereocenters. The van der Waals surface area contributed by atoms with Gasteiger partial charge in [0.25, 0.3) is 11.8 Å². The molecule has 0 saturated carbocycles. The summed E-state index contributed by atoms with van der Waals surface area (Å²) in [5, 5.41) is 5.51. The van der Waals surface area contributed by atoms with Gasteiger partial charge in [0.1, 0.15) is 0 Å². The molecule has 2 amide bonds. The lowest BCUT2D eigenvalue weighted by Gasteiger charge is -2.11. The highest BCUT2D eigenvalue weighted by atomic mass is 35.5. The monoisotopic (exact) mass is 346 g/mol. The van der Waals surface area contributed by atoms with E-state index in [1.165, 1.54) is 13.1 Å². The number of anilines is 1. The summed E-state index contributed by atoms with van der Waals surface area (Å²) < 4.78 is 4.90. The Hall–Kier alpha value is -2.86. The molecule has 6 nitrogen and oxygen atoms in total. The summed E-state index contributed by atoms with van der Waals surface area (Å²) in [5.74, 6) is -1.52. The van der Waals surface area contributed by atoms with Crippen molar-refractivity contribution in [3.8, 4) is 0 Å². The number of likely N-dealkylation sites (N-methyl/N-ethyl adjacent to an activating group) is 1. The smallest absolute Gasteiger partial charge is 0.340 e. The Labute approximate surface area is 143 Å². The standard InChI is InChI=1S/C17H15ClN2O4/c1-19-15(21)10-24-17(23)13-4-2-3-5-14(13)20-16(22)11-6-8-12(18)9-7-11/h2-9H,10H2,1H3,(H,19,21)(H,20,22). The van der Waals surface area contributed by atoms with Gasteiger partial charge in [-0.15, -0.1) is 0 Å². The number of ether oxygens (including phenoxy) is 1. The third kappa shape index (κ3) is 4.57. The van der Waals surface area contributed by atoms with Crippen LogP contribution in [0, 0.1) is 0 Å². The van der Waals surface area contributed by atoms with Crippen molar-refractivity contribution in [3.63, 3.8) is 0 Å². The van der Waals surface area contributed by atoms with Crippen LogP contribution in [-0.2, 0) is 9.53 Å². The maximum Gasteiger partial charge on any atom is 0.340 e. The number of hydrogen-bond donors (Lipinski definition) is 2. The van der Waals surface area contributed by atoms with Gasteiger partial charge in [0.2, 0.25) is 0 Å². The number of halogens is 1. The van der Waals surface area contributed by atoms with Gasteiger partial charge >= 0.3 is 5.97 Å². The van der Waals surface area contributed by atoms with Crippen LogP contribution in [0.2, 0.25) is 5.02 Å². The van der Waals surface area contributed by atoms with E-state index in [4.69, 9.17) is 16.3 Å². The van der Waals surface area contributed by atoms with Crippen LogP contribution in [0.1, 0.15) is 20.7 Å². The van der Waals surface area contributed by atoms with Crippen LogP contribution in [0.5, 0.6) is 0 Å². The summed E-state index contributed by atoms with van der Waals surface area (Å²) >= 11 is 5.79. The second-order valence-corrected chi connectivity index (χ2v) is 5.19. The molecule has 0 aliphatic rings. The van der Waals surface area contributed by atoms with E-state index in [1.807, 2.05) is 0 Å². The van der Waals surface area contributed by atoms with Gasteiger partial charge in [-0.1, -0.05) is 23.7 Å². The molecule has 0 spiro atoms. The molecular weight excluding hydrogens is 332 g/mol. The molecule has 0 heterocycles. The van der Waals surface area contributed by atoms with Crippen LogP contribution in [0.25, 0.3) is 0 Å². The van der Waals surface area contributed by atoms with E-state index >= 15 is 0 Å². The first-order valence-electron chi connectivity index (χ1n) is 7.05. The zero-order valence-corrected chi connectivity index (χ0v) is 13.6. The number of hydrogen-bond acceptors (Lipinski definition) is 4. The van der Waals surface area contributed by atoms with Gasteiger partial charge in [0, 0.05) is 17.6 Å². The molecule has 2 aromatic carbocycles. The molecule has 2 rings (SSSR count). The SMILES string of the molecule is CNC(=O)COC(=O)c1ccccc1NC(=O)c1ccc(Cl)cc1. The average molecular weight is 347 g/mol. The summed E-state index contributed by atoms with van der Waals surface area (Å²) in [5.41, 5.74) is 0.844. The zero-order valence-electron chi connectivity index (χ0n) is 12.8. The summed E-state index contributed by atoms with van der Waals surface area (Å²) in [6, 6.07) is 12.7. The molecule has 0 fully saturated rings. The van der Waals surface area contributed by atoms with Gasteiger partial charge in [-0.05, 0) is 36.4 Å². The van der Waals surface area contributed by atoms with Crippen LogP contribution in [0.15, 0.2) is 48.5 Å². The fourth-order valence-corrected chi connectivity index (χ4v) is 1.97.